The van der Waals surface area contributed by atoms with Crippen molar-refractivity contribution in [2.45, 2.75) is 52.9 Å². The van der Waals surface area contributed by atoms with Crippen LogP contribution in [0.2, 0.25) is 0 Å². The summed E-state index contributed by atoms with van der Waals surface area (Å²) in [5.74, 6) is -1.67. The van der Waals surface area contributed by atoms with E-state index in [2.05, 4.69) is 0 Å². The van der Waals surface area contributed by atoms with E-state index in [1.165, 1.54) is 0 Å². The van der Waals surface area contributed by atoms with Crippen molar-refractivity contribution in [1.82, 2.24) is 0 Å². The van der Waals surface area contributed by atoms with Crippen LogP contribution in [0.25, 0.3) is 0 Å². The molecule has 0 saturated carbocycles. The van der Waals surface area contributed by atoms with Crippen LogP contribution in [0.4, 0.5) is 0 Å². The van der Waals surface area contributed by atoms with Gasteiger partial charge in [-0.3, -0.25) is 9.59 Å². The second-order valence-corrected chi connectivity index (χ2v) is 4.00. The van der Waals surface area contributed by atoms with Gasteiger partial charge in [-0.1, -0.05) is 33.6 Å². The van der Waals surface area contributed by atoms with Crippen molar-refractivity contribution in [3.05, 3.63) is 0 Å². The maximum Gasteiger partial charge on any atom is 0.320 e. The Morgan fingerprint density at radius 2 is 1.29 bits per heavy atom. The molecule has 0 aromatic rings. The second kappa shape index (κ2) is 10.1. The topological polar surface area (TPSA) is 52.6 Å². The van der Waals surface area contributed by atoms with Crippen LogP contribution in [0.1, 0.15) is 52.9 Å². The van der Waals surface area contributed by atoms with Gasteiger partial charge in [0.1, 0.15) is 0 Å². The van der Waals surface area contributed by atoms with E-state index in [4.69, 9.17) is 9.47 Å². The Hall–Kier alpha value is -1.06. The number of unbranched alkanes of at least 4 members (excludes halogenated alkanes) is 2. The lowest BCUT2D eigenvalue weighted by atomic mass is 10.1. The number of carbonyl (C=O) groups excluding carboxylic acids is 2. The first-order chi connectivity index (χ1) is 8.17. The van der Waals surface area contributed by atoms with E-state index >= 15 is 0 Å². The van der Waals surface area contributed by atoms with Gasteiger partial charge in [0.25, 0.3) is 0 Å². The predicted molar refractivity (Wildman–Crippen MR) is 65.5 cm³/mol. The van der Waals surface area contributed by atoms with E-state index < -0.39 is 17.9 Å². The Morgan fingerprint density at radius 1 is 0.882 bits per heavy atom. The standard InChI is InChI=1S/C13H24O4/c1-4-7-9-16-12(14)11(6-3)13(15)17-10-8-5-2/h11H,4-10H2,1-3H3. The van der Waals surface area contributed by atoms with Gasteiger partial charge in [-0.2, -0.15) is 0 Å². The van der Waals surface area contributed by atoms with E-state index in [-0.39, 0.29) is 0 Å². The van der Waals surface area contributed by atoms with Crippen LogP contribution in [0.5, 0.6) is 0 Å². The smallest absolute Gasteiger partial charge is 0.320 e. The molecule has 17 heavy (non-hydrogen) atoms. The molecule has 0 aliphatic heterocycles. The number of hydrogen-bond acceptors (Lipinski definition) is 4. The maximum absolute atomic E-state index is 11.6. The number of esters is 2. The zero-order chi connectivity index (χ0) is 13.1. The fraction of sp³-hybridized carbons (Fsp3) is 0.846. The van der Waals surface area contributed by atoms with E-state index in [0.29, 0.717) is 19.6 Å². The van der Waals surface area contributed by atoms with Crippen LogP contribution in [-0.4, -0.2) is 25.2 Å². The molecule has 0 amide bonds. The summed E-state index contributed by atoms with van der Waals surface area (Å²) in [5, 5.41) is 0. The lowest BCUT2D eigenvalue weighted by molar-refractivity contribution is -0.162. The molecule has 4 heteroatoms. The van der Waals surface area contributed by atoms with Crippen molar-refractivity contribution in [1.29, 1.82) is 0 Å². The molecule has 100 valence electrons. The molecule has 0 heterocycles. The second-order valence-electron chi connectivity index (χ2n) is 4.00. The van der Waals surface area contributed by atoms with E-state index in [1.54, 1.807) is 6.92 Å². The summed E-state index contributed by atoms with van der Waals surface area (Å²) >= 11 is 0. The molecular formula is C13H24O4. The van der Waals surface area contributed by atoms with Crippen molar-refractivity contribution in [2.75, 3.05) is 13.2 Å². The summed E-state index contributed by atoms with van der Waals surface area (Å²) in [4.78, 5) is 23.2. The molecule has 0 aromatic heterocycles. The highest BCUT2D eigenvalue weighted by Crippen LogP contribution is 2.09. The van der Waals surface area contributed by atoms with E-state index in [1.807, 2.05) is 13.8 Å². The van der Waals surface area contributed by atoms with Gasteiger partial charge >= 0.3 is 11.9 Å². The van der Waals surface area contributed by atoms with Gasteiger partial charge < -0.3 is 9.47 Å². The molecule has 0 aliphatic rings. The minimum absolute atomic E-state index is 0.383. The molecule has 0 aliphatic carbocycles. The van der Waals surface area contributed by atoms with E-state index in [9.17, 15) is 9.59 Å². The zero-order valence-corrected chi connectivity index (χ0v) is 11.2. The quantitative estimate of drug-likeness (QED) is 0.355. The third-order valence-electron chi connectivity index (χ3n) is 2.46. The first-order valence-corrected chi connectivity index (χ1v) is 6.50. The minimum Gasteiger partial charge on any atom is -0.465 e. The van der Waals surface area contributed by atoms with Crippen molar-refractivity contribution in [2.24, 2.45) is 5.92 Å². The van der Waals surface area contributed by atoms with Gasteiger partial charge in [-0.05, 0) is 19.3 Å². The zero-order valence-electron chi connectivity index (χ0n) is 11.2. The lowest BCUT2D eigenvalue weighted by Crippen LogP contribution is -2.28. The number of carbonyl (C=O) groups is 2. The average Bonchev–Trinajstić information content (AvgIpc) is 2.30. The summed E-state index contributed by atoms with van der Waals surface area (Å²) in [6.07, 6.45) is 4.01. The average molecular weight is 244 g/mol. The molecule has 0 aromatic carbocycles. The summed E-state index contributed by atoms with van der Waals surface area (Å²) < 4.78 is 10.0. The largest absolute Gasteiger partial charge is 0.465 e. The minimum atomic E-state index is -0.760. The van der Waals surface area contributed by atoms with Gasteiger partial charge in [-0.25, -0.2) is 0 Å². The molecule has 0 rings (SSSR count). The summed E-state index contributed by atoms with van der Waals surface area (Å²) in [5.41, 5.74) is 0. The Balaban J connectivity index is 4.01. The van der Waals surface area contributed by atoms with Gasteiger partial charge in [0, 0.05) is 0 Å². The van der Waals surface area contributed by atoms with Crippen LogP contribution in [-0.2, 0) is 19.1 Å². The fourth-order valence-electron chi connectivity index (χ4n) is 1.26. The van der Waals surface area contributed by atoms with Gasteiger partial charge in [0.05, 0.1) is 13.2 Å². The first kappa shape index (κ1) is 15.9. The number of rotatable bonds is 9. The summed E-state index contributed by atoms with van der Waals surface area (Å²) in [7, 11) is 0. The first-order valence-electron chi connectivity index (χ1n) is 6.50. The molecule has 0 unspecified atom stereocenters. The third kappa shape index (κ3) is 6.97. The maximum atomic E-state index is 11.6. The summed E-state index contributed by atoms with van der Waals surface area (Å²) in [6.45, 7) is 6.59. The normalized spacial score (nSPS) is 10.4. The highest BCUT2D eigenvalue weighted by molar-refractivity contribution is 5.94. The molecule has 0 saturated heterocycles. The van der Waals surface area contributed by atoms with Crippen LogP contribution in [0.15, 0.2) is 0 Å². The van der Waals surface area contributed by atoms with Gasteiger partial charge in [0.2, 0.25) is 0 Å². The Morgan fingerprint density at radius 3 is 1.59 bits per heavy atom. The third-order valence-corrected chi connectivity index (χ3v) is 2.46. The molecule has 4 nitrogen and oxygen atoms in total. The Labute approximate surface area is 104 Å². The van der Waals surface area contributed by atoms with Crippen molar-refractivity contribution >= 4 is 11.9 Å². The summed E-state index contributed by atoms with van der Waals surface area (Å²) in [6, 6.07) is 0. The molecule has 0 spiro atoms. The fourth-order valence-corrected chi connectivity index (χ4v) is 1.26. The molecule has 0 radical (unpaired) electrons. The predicted octanol–water partition coefficient (Wildman–Crippen LogP) is 2.70. The van der Waals surface area contributed by atoms with Crippen LogP contribution >= 0.6 is 0 Å². The Bertz CT molecular complexity index is 203. The van der Waals surface area contributed by atoms with Crippen molar-refractivity contribution < 1.29 is 19.1 Å². The highest BCUT2D eigenvalue weighted by atomic mass is 16.6. The Kier molecular flexibility index (Phi) is 9.49. The van der Waals surface area contributed by atoms with Crippen LogP contribution in [0.3, 0.4) is 0 Å². The highest BCUT2D eigenvalue weighted by Gasteiger charge is 2.27. The number of hydrogen-bond donors (Lipinski definition) is 0. The monoisotopic (exact) mass is 244 g/mol. The lowest BCUT2D eigenvalue weighted by Gasteiger charge is -2.13. The molecule has 0 atom stereocenters. The van der Waals surface area contributed by atoms with Crippen LogP contribution in [0, 0.1) is 5.92 Å². The molecule has 0 bridgehead atoms. The molecule has 0 N–H and O–H groups in total. The molecule has 0 fully saturated rings. The SMILES string of the molecule is CCCCOC(=O)C(CC)C(=O)OCCCC. The van der Waals surface area contributed by atoms with E-state index in [0.717, 1.165) is 25.7 Å². The van der Waals surface area contributed by atoms with Crippen molar-refractivity contribution in [3.8, 4) is 0 Å². The van der Waals surface area contributed by atoms with Gasteiger partial charge in [0.15, 0.2) is 5.92 Å². The van der Waals surface area contributed by atoms with Crippen LogP contribution < -0.4 is 0 Å². The molecular weight excluding hydrogens is 220 g/mol. The van der Waals surface area contributed by atoms with Crippen molar-refractivity contribution in [3.63, 3.8) is 0 Å². The van der Waals surface area contributed by atoms with Gasteiger partial charge in [-0.15, -0.1) is 0 Å². The number of ether oxygens (including phenoxy) is 2.